The van der Waals surface area contributed by atoms with Crippen LogP contribution in [0.15, 0.2) is 12.1 Å². The molecule has 16 heavy (non-hydrogen) atoms. The standard InChI is InChI=1S/C12H19ClN2S/c1-15(2)12(7-3-4-8-12)11(14)9-5-6-10(13)16-9/h5-6,11H,3-4,7-8,14H2,1-2H3. The van der Waals surface area contributed by atoms with E-state index in [-0.39, 0.29) is 11.6 Å². The van der Waals surface area contributed by atoms with Gasteiger partial charge in [-0.25, -0.2) is 0 Å². The Hall–Kier alpha value is -0.0900. The summed E-state index contributed by atoms with van der Waals surface area (Å²) in [5.41, 5.74) is 6.59. The first-order valence-corrected chi connectivity index (χ1v) is 6.94. The van der Waals surface area contributed by atoms with Crippen molar-refractivity contribution in [2.45, 2.75) is 37.3 Å². The van der Waals surface area contributed by atoms with Crippen LogP contribution in [0.5, 0.6) is 0 Å². The fraction of sp³-hybridized carbons (Fsp3) is 0.667. The van der Waals surface area contributed by atoms with Gasteiger partial charge in [0.05, 0.1) is 10.4 Å². The molecule has 0 aliphatic heterocycles. The lowest BCUT2D eigenvalue weighted by Gasteiger charge is -2.41. The van der Waals surface area contributed by atoms with E-state index in [1.165, 1.54) is 30.6 Å². The lowest BCUT2D eigenvalue weighted by molar-refractivity contribution is 0.125. The van der Waals surface area contributed by atoms with Gasteiger partial charge in [0, 0.05) is 10.4 Å². The molecule has 2 rings (SSSR count). The van der Waals surface area contributed by atoms with E-state index in [1.807, 2.05) is 6.07 Å². The molecule has 0 amide bonds. The fourth-order valence-electron chi connectivity index (χ4n) is 2.78. The van der Waals surface area contributed by atoms with E-state index in [1.54, 1.807) is 11.3 Å². The number of rotatable bonds is 3. The van der Waals surface area contributed by atoms with E-state index in [9.17, 15) is 0 Å². The second-order valence-corrected chi connectivity index (χ2v) is 6.57. The van der Waals surface area contributed by atoms with Crippen molar-refractivity contribution < 1.29 is 0 Å². The van der Waals surface area contributed by atoms with Crippen molar-refractivity contribution in [3.05, 3.63) is 21.3 Å². The second-order valence-electron chi connectivity index (χ2n) is 4.82. The molecule has 0 aromatic carbocycles. The predicted molar refractivity (Wildman–Crippen MR) is 71.1 cm³/mol. The van der Waals surface area contributed by atoms with Crippen LogP contribution in [0, 0.1) is 0 Å². The van der Waals surface area contributed by atoms with Gasteiger partial charge in [-0.2, -0.15) is 0 Å². The fourth-order valence-corrected chi connectivity index (χ4v) is 3.96. The molecule has 90 valence electrons. The molecule has 1 atom stereocenters. The van der Waals surface area contributed by atoms with Gasteiger partial charge in [-0.3, -0.25) is 0 Å². The number of hydrogen-bond donors (Lipinski definition) is 1. The van der Waals surface area contributed by atoms with Gasteiger partial charge < -0.3 is 10.6 Å². The van der Waals surface area contributed by atoms with Crippen LogP contribution in [0.25, 0.3) is 0 Å². The maximum Gasteiger partial charge on any atom is 0.0931 e. The van der Waals surface area contributed by atoms with Gasteiger partial charge in [-0.1, -0.05) is 24.4 Å². The Bertz CT molecular complexity index is 356. The highest BCUT2D eigenvalue weighted by atomic mass is 35.5. The van der Waals surface area contributed by atoms with Crippen LogP contribution >= 0.6 is 22.9 Å². The van der Waals surface area contributed by atoms with E-state index < -0.39 is 0 Å². The van der Waals surface area contributed by atoms with Crippen LogP contribution in [0.4, 0.5) is 0 Å². The minimum Gasteiger partial charge on any atom is -0.322 e. The van der Waals surface area contributed by atoms with E-state index in [4.69, 9.17) is 17.3 Å². The number of thiophene rings is 1. The van der Waals surface area contributed by atoms with Gasteiger partial charge in [0.15, 0.2) is 0 Å². The Morgan fingerprint density at radius 1 is 1.38 bits per heavy atom. The summed E-state index contributed by atoms with van der Waals surface area (Å²) in [6.45, 7) is 0. The third-order valence-corrected chi connectivity index (χ3v) is 5.15. The summed E-state index contributed by atoms with van der Waals surface area (Å²) in [5, 5.41) is 0. The van der Waals surface area contributed by atoms with E-state index in [0.29, 0.717) is 0 Å². The third kappa shape index (κ3) is 2.02. The van der Waals surface area contributed by atoms with Gasteiger partial charge in [0.25, 0.3) is 0 Å². The average molecular weight is 259 g/mol. The maximum absolute atomic E-state index is 6.46. The summed E-state index contributed by atoms with van der Waals surface area (Å²) in [7, 11) is 4.28. The molecule has 1 saturated carbocycles. The van der Waals surface area contributed by atoms with Crippen molar-refractivity contribution in [3.63, 3.8) is 0 Å². The van der Waals surface area contributed by atoms with Crippen LogP contribution in [0.1, 0.15) is 36.6 Å². The Morgan fingerprint density at radius 2 is 2.00 bits per heavy atom. The number of likely N-dealkylation sites (N-methyl/N-ethyl adjacent to an activating group) is 1. The van der Waals surface area contributed by atoms with E-state index >= 15 is 0 Å². The highest BCUT2D eigenvalue weighted by Gasteiger charge is 2.42. The summed E-state index contributed by atoms with van der Waals surface area (Å²) in [5.74, 6) is 0. The quantitative estimate of drug-likeness (QED) is 0.902. The molecule has 2 nitrogen and oxygen atoms in total. The lowest BCUT2D eigenvalue weighted by Crippen LogP contribution is -2.50. The van der Waals surface area contributed by atoms with Gasteiger partial charge >= 0.3 is 0 Å². The topological polar surface area (TPSA) is 29.3 Å². The smallest absolute Gasteiger partial charge is 0.0931 e. The Labute approximate surface area is 106 Å². The maximum atomic E-state index is 6.46. The zero-order valence-electron chi connectivity index (χ0n) is 9.87. The monoisotopic (exact) mass is 258 g/mol. The number of nitrogens with zero attached hydrogens (tertiary/aromatic N) is 1. The largest absolute Gasteiger partial charge is 0.322 e. The highest BCUT2D eigenvalue weighted by Crippen LogP contribution is 2.44. The van der Waals surface area contributed by atoms with Gasteiger partial charge in [0.2, 0.25) is 0 Å². The molecule has 2 N–H and O–H groups in total. The van der Waals surface area contributed by atoms with Crippen molar-refractivity contribution in [2.75, 3.05) is 14.1 Å². The minimum absolute atomic E-state index is 0.0856. The molecule has 0 spiro atoms. The van der Waals surface area contributed by atoms with E-state index in [0.717, 1.165) is 4.34 Å². The minimum atomic E-state index is 0.0856. The molecule has 1 heterocycles. The van der Waals surface area contributed by atoms with Gasteiger partial charge in [-0.15, -0.1) is 11.3 Å². The average Bonchev–Trinajstić information content (AvgIpc) is 2.85. The summed E-state index contributed by atoms with van der Waals surface area (Å²) in [6, 6.07) is 4.10. The number of hydrogen-bond acceptors (Lipinski definition) is 3. The molecule has 1 unspecified atom stereocenters. The first-order chi connectivity index (χ1) is 7.56. The van der Waals surface area contributed by atoms with Crippen molar-refractivity contribution in [2.24, 2.45) is 5.73 Å². The number of nitrogens with two attached hydrogens (primary N) is 1. The summed E-state index contributed by atoms with van der Waals surface area (Å²) >= 11 is 7.60. The van der Waals surface area contributed by atoms with Crippen LogP contribution in [-0.4, -0.2) is 24.5 Å². The van der Waals surface area contributed by atoms with Crippen LogP contribution in [-0.2, 0) is 0 Å². The zero-order chi connectivity index (χ0) is 11.8. The summed E-state index contributed by atoms with van der Waals surface area (Å²) in [4.78, 5) is 3.51. The SMILES string of the molecule is CN(C)C1(C(N)c2ccc(Cl)s2)CCCC1. The highest BCUT2D eigenvalue weighted by molar-refractivity contribution is 7.16. The molecular formula is C12H19ClN2S. The Kier molecular flexibility index (Phi) is 3.59. The van der Waals surface area contributed by atoms with Crippen molar-refractivity contribution in [3.8, 4) is 0 Å². The molecule has 1 aliphatic carbocycles. The Balaban J connectivity index is 2.27. The molecule has 1 aliphatic rings. The van der Waals surface area contributed by atoms with Crippen LogP contribution in [0.2, 0.25) is 4.34 Å². The molecule has 4 heteroatoms. The molecule has 0 saturated heterocycles. The Morgan fingerprint density at radius 3 is 2.44 bits per heavy atom. The normalized spacial score (nSPS) is 21.6. The summed E-state index contributed by atoms with van der Waals surface area (Å²) in [6.07, 6.45) is 4.95. The molecule has 0 bridgehead atoms. The van der Waals surface area contributed by atoms with E-state index in [2.05, 4.69) is 25.1 Å². The zero-order valence-corrected chi connectivity index (χ0v) is 11.4. The van der Waals surface area contributed by atoms with Gasteiger partial charge in [0.1, 0.15) is 0 Å². The summed E-state index contributed by atoms with van der Waals surface area (Å²) < 4.78 is 0.831. The van der Waals surface area contributed by atoms with Gasteiger partial charge in [-0.05, 0) is 39.1 Å². The lowest BCUT2D eigenvalue weighted by atomic mass is 9.86. The number of halogens is 1. The predicted octanol–water partition coefficient (Wildman–Crippen LogP) is 3.28. The molecule has 1 aromatic heterocycles. The molecule has 1 fully saturated rings. The third-order valence-electron chi connectivity index (χ3n) is 3.84. The first-order valence-electron chi connectivity index (χ1n) is 5.74. The van der Waals surface area contributed by atoms with Crippen LogP contribution in [0.3, 0.4) is 0 Å². The molecule has 0 radical (unpaired) electrons. The van der Waals surface area contributed by atoms with Crippen molar-refractivity contribution >= 4 is 22.9 Å². The second kappa shape index (κ2) is 4.65. The molecule has 1 aromatic rings. The van der Waals surface area contributed by atoms with Crippen LogP contribution < -0.4 is 5.73 Å². The van der Waals surface area contributed by atoms with Crippen molar-refractivity contribution in [1.82, 2.24) is 4.90 Å². The van der Waals surface area contributed by atoms with Crippen molar-refractivity contribution in [1.29, 1.82) is 0 Å². The molecular weight excluding hydrogens is 240 g/mol. The first kappa shape index (κ1) is 12.4.